The van der Waals surface area contributed by atoms with Crippen LogP contribution in [0.2, 0.25) is 0 Å². The summed E-state index contributed by atoms with van der Waals surface area (Å²) in [6.07, 6.45) is -4.45. The number of aryl methyl sites for hydroxylation is 1. The molecule has 0 aliphatic rings. The Morgan fingerprint density at radius 1 is 1.20 bits per heavy atom. The predicted molar refractivity (Wildman–Crippen MR) is 65.9 cm³/mol. The number of benzene rings is 1. The number of imidazole rings is 1. The third-order valence-corrected chi connectivity index (χ3v) is 2.96. The van der Waals surface area contributed by atoms with Crippen LogP contribution in [0.15, 0.2) is 39.5 Å². The molecule has 104 valence electrons. The summed E-state index contributed by atoms with van der Waals surface area (Å²) < 4.78 is 44.4. The van der Waals surface area contributed by atoms with Gasteiger partial charge in [0.05, 0.1) is 16.6 Å². The maximum Gasteiger partial charge on any atom is 0.416 e. The number of rotatable bonds is 1. The first-order valence-electron chi connectivity index (χ1n) is 5.75. The van der Waals surface area contributed by atoms with E-state index in [1.807, 2.05) is 0 Å². The number of aromatic nitrogens is 2. The molecule has 20 heavy (non-hydrogen) atoms. The van der Waals surface area contributed by atoms with Gasteiger partial charge in [0.25, 0.3) is 0 Å². The first-order chi connectivity index (χ1) is 9.36. The van der Waals surface area contributed by atoms with E-state index in [1.54, 1.807) is 19.1 Å². The number of H-pyrrole nitrogens is 1. The average Bonchev–Trinajstić information content (AvgIpc) is 2.89. The average molecular weight is 282 g/mol. The molecule has 2 aromatic heterocycles. The van der Waals surface area contributed by atoms with Crippen molar-refractivity contribution in [1.29, 1.82) is 0 Å². The number of nitrogens with zero attached hydrogens (tertiary/aromatic N) is 1. The summed E-state index contributed by atoms with van der Waals surface area (Å²) in [5.74, 6) is 0.867. The molecular formula is C13H9F3N2O2. The summed E-state index contributed by atoms with van der Waals surface area (Å²) >= 11 is 0. The van der Waals surface area contributed by atoms with E-state index in [0.29, 0.717) is 11.3 Å². The first kappa shape index (κ1) is 12.6. The lowest BCUT2D eigenvalue weighted by Crippen LogP contribution is -2.13. The number of alkyl halides is 3. The molecular weight excluding hydrogens is 273 g/mol. The number of halogens is 3. The Balaban J connectivity index is 2.25. The molecule has 3 rings (SSSR count). The molecule has 2 heterocycles. The second kappa shape index (κ2) is 4.03. The maximum absolute atomic E-state index is 12.6. The topological polar surface area (TPSA) is 50.9 Å². The van der Waals surface area contributed by atoms with Crippen LogP contribution >= 0.6 is 0 Å². The van der Waals surface area contributed by atoms with Crippen molar-refractivity contribution >= 4 is 11.0 Å². The summed E-state index contributed by atoms with van der Waals surface area (Å²) in [6.45, 7) is 1.71. The second-order valence-corrected chi connectivity index (χ2v) is 4.38. The van der Waals surface area contributed by atoms with Gasteiger partial charge >= 0.3 is 11.9 Å². The Bertz CT molecular complexity index is 839. The van der Waals surface area contributed by atoms with Gasteiger partial charge in [-0.3, -0.25) is 0 Å². The zero-order valence-electron chi connectivity index (χ0n) is 10.3. The molecule has 0 amide bonds. The van der Waals surface area contributed by atoms with Crippen molar-refractivity contribution < 1.29 is 17.6 Å². The number of furan rings is 1. The van der Waals surface area contributed by atoms with Gasteiger partial charge in [-0.05, 0) is 31.2 Å². The molecule has 0 spiro atoms. The molecule has 3 aromatic rings. The van der Waals surface area contributed by atoms with Crippen LogP contribution in [-0.4, -0.2) is 9.55 Å². The van der Waals surface area contributed by atoms with Gasteiger partial charge in [0, 0.05) is 6.07 Å². The Hall–Kier alpha value is -2.44. The maximum atomic E-state index is 12.6. The van der Waals surface area contributed by atoms with E-state index in [9.17, 15) is 18.0 Å². The van der Waals surface area contributed by atoms with Crippen LogP contribution in [0.4, 0.5) is 13.2 Å². The van der Waals surface area contributed by atoms with Gasteiger partial charge in [0.2, 0.25) is 5.88 Å². The molecule has 1 aromatic carbocycles. The highest BCUT2D eigenvalue weighted by Gasteiger charge is 2.31. The molecule has 0 aliphatic carbocycles. The number of hydrogen-bond acceptors (Lipinski definition) is 2. The van der Waals surface area contributed by atoms with E-state index >= 15 is 0 Å². The minimum atomic E-state index is -4.45. The Morgan fingerprint density at radius 2 is 1.95 bits per heavy atom. The lowest BCUT2D eigenvalue weighted by molar-refractivity contribution is -0.137. The summed E-state index contributed by atoms with van der Waals surface area (Å²) in [7, 11) is 0. The monoisotopic (exact) mass is 282 g/mol. The lowest BCUT2D eigenvalue weighted by atomic mass is 10.2. The molecule has 0 bridgehead atoms. The SMILES string of the molecule is Cc1ccc(-n2c(=O)[nH]c3cc(C(F)(F)F)ccc32)o1. The van der Waals surface area contributed by atoms with E-state index < -0.39 is 17.4 Å². The highest BCUT2D eigenvalue weighted by Crippen LogP contribution is 2.31. The normalized spacial score (nSPS) is 12.2. The van der Waals surface area contributed by atoms with Crippen LogP contribution in [0.5, 0.6) is 0 Å². The highest BCUT2D eigenvalue weighted by atomic mass is 19.4. The van der Waals surface area contributed by atoms with Crippen molar-refractivity contribution in [2.24, 2.45) is 0 Å². The summed E-state index contributed by atoms with van der Waals surface area (Å²) in [5, 5.41) is 0. The predicted octanol–water partition coefficient (Wildman–Crippen LogP) is 3.24. The Morgan fingerprint density at radius 3 is 2.55 bits per heavy atom. The van der Waals surface area contributed by atoms with Gasteiger partial charge in [0.1, 0.15) is 5.76 Å². The summed E-state index contributed by atoms with van der Waals surface area (Å²) in [4.78, 5) is 14.3. The highest BCUT2D eigenvalue weighted by molar-refractivity contribution is 5.77. The van der Waals surface area contributed by atoms with Crippen molar-refractivity contribution in [1.82, 2.24) is 9.55 Å². The molecule has 0 fully saturated rings. The van der Waals surface area contributed by atoms with E-state index in [2.05, 4.69) is 4.98 Å². The second-order valence-electron chi connectivity index (χ2n) is 4.38. The third kappa shape index (κ3) is 1.91. The van der Waals surface area contributed by atoms with E-state index in [4.69, 9.17) is 4.42 Å². The molecule has 7 heteroatoms. The van der Waals surface area contributed by atoms with Crippen molar-refractivity contribution in [2.45, 2.75) is 13.1 Å². The van der Waals surface area contributed by atoms with Gasteiger partial charge < -0.3 is 9.40 Å². The molecule has 0 radical (unpaired) electrons. The molecule has 4 nitrogen and oxygen atoms in total. The van der Waals surface area contributed by atoms with Crippen molar-refractivity contribution in [3.8, 4) is 5.88 Å². The number of nitrogens with one attached hydrogen (secondary N) is 1. The largest absolute Gasteiger partial charge is 0.445 e. The summed E-state index contributed by atoms with van der Waals surface area (Å²) in [6, 6.07) is 6.34. The van der Waals surface area contributed by atoms with Crippen LogP contribution in [0, 0.1) is 6.92 Å². The molecule has 0 saturated heterocycles. The Kier molecular flexibility index (Phi) is 2.53. The van der Waals surface area contributed by atoms with Gasteiger partial charge in [-0.1, -0.05) is 0 Å². The van der Waals surface area contributed by atoms with Crippen molar-refractivity contribution in [3.63, 3.8) is 0 Å². The van der Waals surface area contributed by atoms with Gasteiger partial charge in [-0.2, -0.15) is 13.2 Å². The minimum Gasteiger partial charge on any atom is -0.445 e. The van der Waals surface area contributed by atoms with E-state index in [-0.39, 0.29) is 11.4 Å². The Labute approximate surface area is 110 Å². The van der Waals surface area contributed by atoms with Crippen LogP contribution < -0.4 is 5.69 Å². The van der Waals surface area contributed by atoms with Crippen LogP contribution in [0.3, 0.4) is 0 Å². The smallest absolute Gasteiger partial charge is 0.416 e. The van der Waals surface area contributed by atoms with Gasteiger partial charge in [0.15, 0.2) is 0 Å². The van der Waals surface area contributed by atoms with Crippen molar-refractivity contribution in [3.05, 3.63) is 52.1 Å². The van der Waals surface area contributed by atoms with Crippen LogP contribution in [0.1, 0.15) is 11.3 Å². The van der Waals surface area contributed by atoms with Gasteiger partial charge in [-0.25, -0.2) is 9.36 Å². The number of hydrogen-bond donors (Lipinski definition) is 1. The molecule has 0 unspecified atom stereocenters. The fourth-order valence-electron chi connectivity index (χ4n) is 2.05. The first-order valence-corrected chi connectivity index (χ1v) is 5.75. The lowest BCUT2D eigenvalue weighted by Gasteiger charge is -2.06. The zero-order valence-corrected chi connectivity index (χ0v) is 10.3. The summed E-state index contributed by atoms with van der Waals surface area (Å²) in [5.41, 5.74) is -0.918. The molecule has 0 atom stereocenters. The molecule has 1 N–H and O–H groups in total. The minimum absolute atomic E-state index is 0.110. The van der Waals surface area contributed by atoms with E-state index in [0.717, 1.165) is 12.1 Å². The number of aromatic amines is 1. The van der Waals surface area contributed by atoms with Crippen LogP contribution in [0.25, 0.3) is 16.9 Å². The van der Waals surface area contributed by atoms with Crippen LogP contribution in [-0.2, 0) is 6.18 Å². The van der Waals surface area contributed by atoms with E-state index in [1.165, 1.54) is 10.6 Å². The fraction of sp³-hybridized carbons (Fsp3) is 0.154. The third-order valence-electron chi connectivity index (χ3n) is 2.96. The fourth-order valence-corrected chi connectivity index (χ4v) is 2.05. The zero-order chi connectivity index (χ0) is 14.5. The van der Waals surface area contributed by atoms with Gasteiger partial charge in [-0.15, -0.1) is 0 Å². The number of fused-ring (bicyclic) bond motifs is 1. The molecule has 0 saturated carbocycles. The van der Waals surface area contributed by atoms with Crippen molar-refractivity contribution in [2.75, 3.05) is 0 Å². The quantitative estimate of drug-likeness (QED) is 0.745. The molecule has 0 aliphatic heterocycles. The standard InChI is InChI=1S/C13H9F3N2O2/c1-7-2-5-11(20-7)18-10-4-3-8(13(14,15)16)6-9(10)17-12(18)19/h2-6H,1H3,(H,17,19).